The highest BCUT2D eigenvalue weighted by atomic mass is 32.1. The first-order chi connectivity index (χ1) is 10.8. The number of primary amides is 1. The topological polar surface area (TPSA) is 102 Å². The number of anilines is 1. The van der Waals surface area contributed by atoms with E-state index in [2.05, 4.69) is 10.2 Å². The third-order valence-electron chi connectivity index (χ3n) is 3.93. The molecule has 2 rings (SSSR count). The Hall–Kier alpha value is -1.93. The highest BCUT2D eigenvalue weighted by Gasteiger charge is 2.34. The van der Waals surface area contributed by atoms with Crippen LogP contribution in [0.2, 0.25) is 0 Å². The van der Waals surface area contributed by atoms with E-state index in [-0.39, 0.29) is 5.97 Å². The fraction of sp³-hybridized carbons (Fsp3) is 0.533. The molecule has 0 spiro atoms. The molecule has 7 nitrogen and oxygen atoms in total. The second-order valence-corrected chi connectivity index (χ2v) is 7.28. The monoisotopic (exact) mass is 339 g/mol. The predicted octanol–water partition coefficient (Wildman–Crippen LogP) is 0.973. The van der Waals surface area contributed by atoms with Crippen molar-refractivity contribution >= 4 is 34.6 Å². The first-order valence-corrected chi connectivity index (χ1v) is 8.07. The van der Waals surface area contributed by atoms with Gasteiger partial charge in [0.2, 0.25) is 6.41 Å². The van der Waals surface area contributed by atoms with Gasteiger partial charge in [0.25, 0.3) is 5.91 Å². The zero-order valence-corrected chi connectivity index (χ0v) is 14.3. The average molecular weight is 339 g/mol. The van der Waals surface area contributed by atoms with E-state index in [0.717, 1.165) is 10.4 Å². The van der Waals surface area contributed by atoms with Crippen LogP contribution in [0.5, 0.6) is 0 Å². The van der Waals surface area contributed by atoms with E-state index in [1.807, 2.05) is 13.8 Å². The Balaban J connectivity index is 2.21. The number of carbonyl (C=O) groups is 3. The summed E-state index contributed by atoms with van der Waals surface area (Å²) in [7, 11) is 1.38. The van der Waals surface area contributed by atoms with Crippen molar-refractivity contribution < 1.29 is 19.1 Å². The number of ether oxygens (including phenoxy) is 1. The van der Waals surface area contributed by atoms with E-state index in [9.17, 15) is 14.4 Å². The van der Waals surface area contributed by atoms with Crippen LogP contribution in [0, 0.1) is 5.41 Å². The number of carbonyl (C=O) groups excluding carboxylic acids is 3. The molecule has 8 heteroatoms. The number of fused-ring (bicyclic) bond motifs is 1. The average Bonchev–Trinajstić information content (AvgIpc) is 2.83. The van der Waals surface area contributed by atoms with Crippen molar-refractivity contribution in [1.29, 1.82) is 0 Å². The molecule has 0 aliphatic carbocycles. The lowest BCUT2D eigenvalue weighted by atomic mass is 9.91. The molecule has 0 radical (unpaired) electrons. The molecule has 0 bridgehead atoms. The number of nitrogens with two attached hydrogens (primary N) is 1. The number of hydrogen-bond acceptors (Lipinski definition) is 6. The minimum Gasteiger partial charge on any atom is -0.469 e. The minimum absolute atomic E-state index is 0.254. The summed E-state index contributed by atoms with van der Waals surface area (Å²) < 4.78 is 4.84. The van der Waals surface area contributed by atoms with Crippen LogP contribution in [-0.4, -0.2) is 43.4 Å². The van der Waals surface area contributed by atoms with Gasteiger partial charge in [-0.05, 0) is 25.8 Å². The molecule has 126 valence electrons. The molecule has 3 N–H and O–H groups in total. The second-order valence-electron chi connectivity index (χ2n) is 6.17. The number of nitrogens with zero attached hydrogens (tertiary/aromatic N) is 1. The molecule has 0 saturated carbocycles. The van der Waals surface area contributed by atoms with Crippen molar-refractivity contribution in [3.63, 3.8) is 0 Å². The summed E-state index contributed by atoms with van der Waals surface area (Å²) in [5.41, 5.74) is 6.14. The lowest BCUT2D eigenvalue weighted by Crippen LogP contribution is -2.42. The summed E-state index contributed by atoms with van der Waals surface area (Å²) in [6, 6.07) is 0. The van der Waals surface area contributed by atoms with Gasteiger partial charge in [-0.25, -0.2) is 0 Å². The maximum Gasteiger partial charge on any atom is 0.312 e. The highest BCUT2D eigenvalue weighted by molar-refractivity contribution is 7.16. The molecule has 2 heterocycles. The van der Waals surface area contributed by atoms with Gasteiger partial charge in [-0.3, -0.25) is 19.3 Å². The van der Waals surface area contributed by atoms with Crippen molar-refractivity contribution in [3.05, 3.63) is 16.0 Å². The van der Waals surface area contributed by atoms with E-state index < -0.39 is 11.3 Å². The summed E-state index contributed by atoms with van der Waals surface area (Å²) in [6.45, 7) is 5.57. The normalized spacial score (nSPS) is 14.9. The van der Waals surface area contributed by atoms with Gasteiger partial charge in [0.05, 0.1) is 18.1 Å². The number of rotatable bonds is 6. The van der Waals surface area contributed by atoms with Gasteiger partial charge in [-0.15, -0.1) is 11.3 Å². The van der Waals surface area contributed by atoms with Gasteiger partial charge in [0.15, 0.2) is 0 Å². The van der Waals surface area contributed by atoms with Crippen molar-refractivity contribution in [1.82, 2.24) is 4.90 Å². The highest BCUT2D eigenvalue weighted by Crippen LogP contribution is 2.37. The van der Waals surface area contributed by atoms with Crippen LogP contribution in [0.25, 0.3) is 0 Å². The minimum atomic E-state index is -0.611. The summed E-state index contributed by atoms with van der Waals surface area (Å²) in [4.78, 5) is 37.3. The lowest BCUT2D eigenvalue weighted by molar-refractivity contribution is -0.152. The molecular weight excluding hydrogens is 318 g/mol. The first kappa shape index (κ1) is 17.4. The van der Waals surface area contributed by atoms with Crippen LogP contribution in [0.15, 0.2) is 0 Å². The number of esters is 1. The van der Waals surface area contributed by atoms with E-state index >= 15 is 0 Å². The molecule has 0 atom stereocenters. The SMILES string of the molecule is COC(=O)C(C)(C)CN1CCc2c(sc(NC=O)c2C(N)=O)C1. The van der Waals surface area contributed by atoms with E-state index in [4.69, 9.17) is 10.5 Å². The molecule has 0 aromatic carbocycles. The van der Waals surface area contributed by atoms with Crippen LogP contribution in [-0.2, 0) is 27.3 Å². The molecule has 1 aromatic rings. The van der Waals surface area contributed by atoms with Crippen molar-refractivity contribution in [2.24, 2.45) is 11.1 Å². The Bertz CT molecular complexity index is 639. The Morgan fingerprint density at radius 1 is 1.48 bits per heavy atom. The molecule has 0 fully saturated rings. The Morgan fingerprint density at radius 2 is 2.17 bits per heavy atom. The fourth-order valence-corrected chi connectivity index (χ4v) is 4.16. The van der Waals surface area contributed by atoms with E-state index in [1.165, 1.54) is 18.4 Å². The number of hydrogen-bond donors (Lipinski definition) is 2. The van der Waals surface area contributed by atoms with Crippen molar-refractivity contribution in [2.75, 3.05) is 25.5 Å². The Kier molecular flexibility index (Phi) is 5.06. The summed E-state index contributed by atoms with van der Waals surface area (Å²) in [5.74, 6) is -0.786. The van der Waals surface area contributed by atoms with Gasteiger partial charge >= 0.3 is 5.97 Å². The van der Waals surface area contributed by atoms with Gasteiger partial charge in [0, 0.05) is 24.5 Å². The standard InChI is InChI=1S/C15H21N3O4S/c1-15(2,14(21)22-3)7-18-5-4-9-10(6-18)23-13(17-8-19)11(9)12(16)20/h8H,4-7H2,1-3H3,(H2,16,20)(H,17,19). The summed E-state index contributed by atoms with van der Waals surface area (Å²) in [5, 5.41) is 3.04. The Labute approximate surface area is 138 Å². The third kappa shape index (κ3) is 3.53. The van der Waals surface area contributed by atoms with Crippen LogP contribution >= 0.6 is 11.3 Å². The first-order valence-electron chi connectivity index (χ1n) is 7.25. The van der Waals surface area contributed by atoms with E-state index in [0.29, 0.717) is 43.0 Å². The quantitative estimate of drug-likeness (QED) is 0.594. The molecule has 2 amide bonds. The maximum absolute atomic E-state index is 11.8. The third-order valence-corrected chi connectivity index (χ3v) is 5.08. The van der Waals surface area contributed by atoms with Crippen LogP contribution in [0.3, 0.4) is 0 Å². The largest absolute Gasteiger partial charge is 0.469 e. The van der Waals surface area contributed by atoms with E-state index in [1.54, 1.807) is 0 Å². The summed E-state index contributed by atoms with van der Waals surface area (Å²) in [6.07, 6.45) is 1.20. The fourth-order valence-electron chi connectivity index (χ4n) is 2.91. The maximum atomic E-state index is 11.8. The zero-order valence-electron chi connectivity index (χ0n) is 13.5. The molecule has 0 saturated heterocycles. The van der Waals surface area contributed by atoms with Gasteiger partial charge in [0.1, 0.15) is 5.00 Å². The molecule has 1 aliphatic rings. The summed E-state index contributed by atoms with van der Waals surface area (Å²) >= 11 is 1.36. The van der Waals surface area contributed by atoms with Crippen LogP contribution in [0.1, 0.15) is 34.6 Å². The Morgan fingerprint density at radius 3 is 2.74 bits per heavy atom. The molecule has 23 heavy (non-hydrogen) atoms. The van der Waals surface area contributed by atoms with Crippen molar-refractivity contribution in [3.8, 4) is 0 Å². The predicted molar refractivity (Wildman–Crippen MR) is 87.3 cm³/mol. The number of amides is 2. The van der Waals surface area contributed by atoms with Gasteiger partial charge in [-0.1, -0.05) is 0 Å². The second kappa shape index (κ2) is 6.67. The smallest absolute Gasteiger partial charge is 0.312 e. The molecular formula is C15H21N3O4S. The number of thiophene rings is 1. The van der Waals surface area contributed by atoms with Crippen LogP contribution in [0.4, 0.5) is 5.00 Å². The lowest BCUT2D eigenvalue weighted by Gasteiger charge is -2.33. The zero-order chi connectivity index (χ0) is 17.2. The van der Waals surface area contributed by atoms with Crippen LogP contribution < -0.4 is 11.1 Å². The van der Waals surface area contributed by atoms with Gasteiger partial charge in [-0.2, -0.15) is 0 Å². The molecule has 1 aliphatic heterocycles. The van der Waals surface area contributed by atoms with Gasteiger partial charge < -0.3 is 15.8 Å². The number of nitrogens with one attached hydrogen (secondary N) is 1. The molecule has 0 unspecified atom stereocenters. The van der Waals surface area contributed by atoms with Crippen molar-refractivity contribution in [2.45, 2.75) is 26.8 Å². The number of methoxy groups -OCH3 is 1. The molecule has 1 aromatic heterocycles.